The second-order valence-corrected chi connectivity index (χ2v) is 8.34. The van der Waals surface area contributed by atoms with Crippen molar-refractivity contribution in [2.45, 2.75) is 49.4 Å². The summed E-state index contributed by atoms with van der Waals surface area (Å²) >= 11 is 0.903. The standard InChI is InChI=1S/C21H19F7N2O2S/c1-3-4-5-13(31)29-11-6-8-12(9-7-11)33-10(2)20(32)30-19-17(24)15(22)14(21(26,27)28)16(23)18(19)25/h6-10H,3-5H2,1-2H3,(H,29,31)(H,30,32). The molecule has 4 nitrogen and oxygen atoms in total. The Balaban J connectivity index is 2.10. The van der Waals surface area contributed by atoms with E-state index in [1.54, 1.807) is 29.6 Å². The summed E-state index contributed by atoms with van der Waals surface area (Å²) < 4.78 is 93.3. The molecule has 2 rings (SSSR count). The molecule has 2 aromatic carbocycles. The van der Waals surface area contributed by atoms with Gasteiger partial charge in [-0.2, -0.15) is 13.2 Å². The van der Waals surface area contributed by atoms with Gasteiger partial charge in [-0.25, -0.2) is 17.6 Å². The first-order valence-electron chi connectivity index (χ1n) is 9.67. The number of carbonyl (C=O) groups excluding carboxylic acids is 2. The second-order valence-electron chi connectivity index (χ2n) is 6.93. The monoisotopic (exact) mass is 496 g/mol. The van der Waals surface area contributed by atoms with E-state index in [9.17, 15) is 40.3 Å². The van der Waals surface area contributed by atoms with Crippen LogP contribution in [0.25, 0.3) is 0 Å². The molecule has 33 heavy (non-hydrogen) atoms. The van der Waals surface area contributed by atoms with E-state index in [0.717, 1.165) is 24.6 Å². The summed E-state index contributed by atoms with van der Waals surface area (Å²) in [4.78, 5) is 24.5. The van der Waals surface area contributed by atoms with Crippen molar-refractivity contribution in [3.63, 3.8) is 0 Å². The van der Waals surface area contributed by atoms with E-state index in [2.05, 4.69) is 5.32 Å². The van der Waals surface area contributed by atoms with Gasteiger partial charge in [-0.05, 0) is 37.6 Å². The van der Waals surface area contributed by atoms with Crippen LogP contribution in [0.2, 0.25) is 0 Å². The molecular weight excluding hydrogens is 477 g/mol. The molecule has 0 fully saturated rings. The average molecular weight is 496 g/mol. The van der Waals surface area contributed by atoms with Crippen LogP contribution in [0.3, 0.4) is 0 Å². The van der Waals surface area contributed by atoms with Gasteiger partial charge in [0.15, 0.2) is 23.3 Å². The number of amides is 2. The smallest absolute Gasteiger partial charge is 0.326 e. The molecule has 0 aliphatic rings. The average Bonchev–Trinajstić information content (AvgIpc) is 2.74. The maximum absolute atomic E-state index is 14.0. The predicted molar refractivity (Wildman–Crippen MR) is 110 cm³/mol. The van der Waals surface area contributed by atoms with Crippen molar-refractivity contribution in [3.05, 3.63) is 53.1 Å². The Bertz CT molecular complexity index is 998. The minimum atomic E-state index is -5.68. The van der Waals surface area contributed by atoms with E-state index < -0.39 is 51.9 Å². The van der Waals surface area contributed by atoms with Gasteiger partial charge in [-0.15, -0.1) is 11.8 Å². The number of thioether (sulfide) groups is 1. The molecule has 1 atom stereocenters. The Morgan fingerprint density at radius 1 is 0.939 bits per heavy atom. The van der Waals surface area contributed by atoms with Gasteiger partial charge in [0.1, 0.15) is 11.3 Å². The molecule has 0 saturated heterocycles. The summed E-state index contributed by atoms with van der Waals surface area (Å²) in [6, 6.07) is 6.25. The van der Waals surface area contributed by atoms with Crippen LogP contribution in [-0.4, -0.2) is 17.1 Å². The number of unbranched alkanes of at least 4 members (excludes halogenated alkanes) is 1. The fourth-order valence-corrected chi connectivity index (χ4v) is 3.52. The van der Waals surface area contributed by atoms with E-state index in [4.69, 9.17) is 0 Å². The molecule has 1 unspecified atom stereocenters. The molecule has 0 aliphatic heterocycles. The summed E-state index contributed by atoms with van der Waals surface area (Å²) in [7, 11) is 0. The topological polar surface area (TPSA) is 58.2 Å². The lowest BCUT2D eigenvalue weighted by molar-refractivity contribution is -0.143. The molecule has 0 spiro atoms. The van der Waals surface area contributed by atoms with Crippen molar-refractivity contribution in [2.75, 3.05) is 10.6 Å². The van der Waals surface area contributed by atoms with Gasteiger partial charge in [0, 0.05) is 17.0 Å². The van der Waals surface area contributed by atoms with Gasteiger partial charge in [-0.3, -0.25) is 9.59 Å². The molecule has 2 amide bonds. The Labute approximate surface area is 188 Å². The van der Waals surface area contributed by atoms with Crippen LogP contribution in [0.1, 0.15) is 38.7 Å². The molecule has 0 aromatic heterocycles. The summed E-state index contributed by atoms with van der Waals surface area (Å²) in [5, 5.41) is 3.24. The lowest BCUT2D eigenvalue weighted by atomic mass is 10.1. The third-order valence-corrected chi connectivity index (χ3v) is 5.48. The first kappa shape index (κ1) is 26.5. The molecule has 0 bridgehead atoms. The number of hydrogen-bond acceptors (Lipinski definition) is 3. The quantitative estimate of drug-likeness (QED) is 0.249. The third kappa shape index (κ3) is 6.62. The van der Waals surface area contributed by atoms with Gasteiger partial charge in [0.05, 0.1) is 5.25 Å². The van der Waals surface area contributed by atoms with Crippen LogP contribution in [-0.2, 0) is 15.8 Å². The van der Waals surface area contributed by atoms with Gasteiger partial charge >= 0.3 is 6.18 Å². The summed E-state index contributed by atoms with van der Waals surface area (Å²) in [6.45, 7) is 3.26. The number of benzene rings is 2. The zero-order chi connectivity index (χ0) is 24.9. The number of rotatable bonds is 8. The van der Waals surface area contributed by atoms with Crippen molar-refractivity contribution < 1.29 is 40.3 Å². The third-order valence-electron chi connectivity index (χ3n) is 4.37. The normalized spacial score (nSPS) is 12.4. The Hall–Kier alpha value is -2.76. The van der Waals surface area contributed by atoms with Crippen LogP contribution < -0.4 is 10.6 Å². The van der Waals surface area contributed by atoms with Crippen LogP contribution in [0.15, 0.2) is 29.2 Å². The number of halogens is 7. The van der Waals surface area contributed by atoms with Crippen molar-refractivity contribution in [1.29, 1.82) is 0 Å². The maximum Gasteiger partial charge on any atom is 0.422 e. The van der Waals surface area contributed by atoms with Gasteiger partial charge in [0.2, 0.25) is 11.8 Å². The second kappa shape index (κ2) is 10.9. The Kier molecular flexibility index (Phi) is 8.76. The highest BCUT2D eigenvalue weighted by atomic mass is 32.2. The molecule has 0 saturated carbocycles. The molecule has 0 aliphatic carbocycles. The number of alkyl halides is 3. The molecule has 0 heterocycles. The highest BCUT2D eigenvalue weighted by Gasteiger charge is 2.42. The molecule has 2 aromatic rings. The van der Waals surface area contributed by atoms with Crippen molar-refractivity contribution >= 4 is 35.0 Å². The van der Waals surface area contributed by atoms with E-state index in [1.165, 1.54) is 6.92 Å². The summed E-state index contributed by atoms with van der Waals surface area (Å²) in [5.74, 6) is -11.3. The molecule has 180 valence electrons. The lowest BCUT2D eigenvalue weighted by Crippen LogP contribution is -2.25. The Morgan fingerprint density at radius 2 is 1.48 bits per heavy atom. The molecule has 2 N–H and O–H groups in total. The van der Waals surface area contributed by atoms with E-state index in [0.29, 0.717) is 17.0 Å². The van der Waals surface area contributed by atoms with Crippen LogP contribution >= 0.6 is 11.8 Å². The first-order chi connectivity index (χ1) is 15.4. The molecular formula is C21H19F7N2O2S. The maximum atomic E-state index is 14.0. The Morgan fingerprint density at radius 3 is 1.97 bits per heavy atom. The minimum absolute atomic E-state index is 0.162. The van der Waals surface area contributed by atoms with Crippen LogP contribution in [0.5, 0.6) is 0 Å². The van der Waals surface area contributed by atoms with E-state index in [-0.39, 0.29) is 5.91 Å². The van der Waals surface area contributed by atoms with Crippen LogP contribution in [0.4, 0.5) is 42.1 Å². The van der Waals surface area contributed by atoms with Crippen LogP contribution in [0, 0.1) is 23.3 Å². The van der Waals surface area contributed by atoms with E-state index in [1.807, 2.05) is 6.92 Å². The van der Waals surface area contributed by atoms with Crippen molar-refractivity contribution in [3.8, 4) is 0 Å². The highest BCUT2D eigenvalue weighted by molar-refractivity contribution is 8.00. The number of nitrogens with one attached hydrogen (secondary N) is 2. The zero-order valence-corrected chi connectivity index (χ0v) is 18.2. The SMILES string of the molecule is CCCCC(=O)Nc1ccc(SC(C)C(=O)Nc2c(F)c(F)c(C(F)(F)F)c(F)c2F)cc1. The highest BCUT2D eigenvalue weighted by Crippen LogP contribution is 2.38. The largest absolute Gasteiger partial charge is 0.422 e. The summed E-state index contributed by atoms with van der Waals surface area (Å²) in [5.41, 5.74) is -3.86. The lowest BCUT2D eigenvalue weighted by Gasteiger charge is -2.16. The van der Waals surface area contributed by atoms with Gasteiger partial charge in [0.25, 0.3) is 0 Å². The number of carbonyl (C=O) groups is 2. The van der Waals surface area contributed by atoms with Gasteiger partial charge in [-0.1, -0.05) is 13.3 Å². The summed E-state index contributed by atoms with van der Waals surface area (Å²) in [6.07, 6.45) is -3.71. The first-order valence-corrected chi connectivity index (χ1v) is 10.5. The van der Waals surface area contributed by atoms with Gasteiger partial charge < -0.3 is 10.6 Å². The number of hydrogen-bond donors (Lipinski definition) is 2. The minimum Gasteiger partial charge on any atom is -0.326 e. The molecule has 12 heteroatoms. The predicted octanol–water partition coefficient (Wildman–Crippen LogP) is 6.51. The fraction of sp³-hybridized carbons (Fsp3) is 0.333. The number of anilines is 2. The zero-order valence-electron chi connectivity index (χ0n) is 17.4. The molecule has 0 radical (unpaired) electrons. The van der Waals surface area contributed by atoms with E-state index >= 15 is 0 Å². The fourth-order valence-electron chi connectivity index (χ4n) is 2.65. The van der Waals surface area contributed by atoms with Crippen molar-refractivity contribution in [2.24, 2.45) is 0 Å². The van der Waals surface area contributed by atoms with Crippen molar-refractivity contribution in [1.82, 2.24) is 0 Å².